The van der Waals surface area contributed by atoms with Crippen LogP contribution in [0.4, 0.5) is 4.39 Å². The number of esters is 2. The van der Waals surface area contributed by atoms with Crippen molar-refractivity contribution in [2.45, 2.75) is 109 Å². The van der Waals surface area contributed by atoms with E-state index in [1.165, 1.54) is 31.4 Å². The zero-order valence-electron chi connectivity index (χ0n) is 25.1. The molecule has 0 unspecified atom stereocenters. The predicted octanol–water partition coefficient (Wildman–Crippen LogP) is 8.22. The van der Waals surface area contributed by atoms with E-state index in [1.807, 2.05) is 6.08 Å². The van der Waals surface area contributed by atoms with Crippen LogP contribution in [0.15, 0.2) is 30.9 Å². The Hall–Kier alpha value is -2.41. The van der Waals surface area contributed by atoms with Gasteiger partial charge in [0.25, 0.3) is 0 Å². The number of allylic oxidation sites excluding steroid dienone is 1. The van der Waals surface area contributed by atoms with Crippen molar-refractivity contribution < 1.29 is 32.9 Å². The van der Waals surface area contributed by atoms with E-state index in [0.29, 0.717) is 18.3 Å². The average molecular weight is 575 g/mol. The Morgan fingerprint density at radius 3 is 2.29 bits per heavy atom. The van der Waals surface area contributed by atoms with Gasteiger partial charge in [-0.05, 0) is 107 Å². The normalized spacial score (nSPS) is 22.6. The number of ether oxygens (including phenoxy) is 4. The first kappa shape index (κ1) is 33.1. The van der Waals surface area contributed by atoms with Gasteiger partial charge in [0.1, 0.15) is 17.7 Å². The average Bonchev–Trinajstić information content (AvgIpc) is 2.98. The van der Waals surface area contributed by atoms with E-state index in [1.54, 1.807) is 13.2 Å². The summed E-state index contributed by atoms with van der Waals surface area (Å²) >= 11 is 0. The molecule has 1 aromatic rings. The summed E-state index contributed by atoms with van der Waals surface area (Å²) in [7, 11) is 1.68. The highest BCUT2D eigenvalue weighted by Gasteiger charge is 2.30. The molecule has 2 fully saturated rings. The molecule has 1 aromatic carbocycles. The molecule has 2 saturated carbocycles. The standard InChI is InChI=1S/C34H51FO6/c1-3-4-5-8-11-26-12-16-28(17-13-26)33(36)41-29-18-14-27(15-19-29)25-40-30-20-21-31(32(35)24-30)34(37)39-23-10-7-6-9-22-38-2/h3,20-21,24,26-29H,1,4-19,22-23,25H2,2H3. The van der Waals surface area contributed by atoms with Gasteiger partial charge < -0.3 is 18.9 Å². The van der Waals surface area contributed by atoms with E-state index >= 15 is 0 Å². The maximum atomic E-state index is 14.6. The first-order valence-electron chi connectivity index (χ1n) is 15.9. The Labute approximate surface area is 246 Å². The van der Waals surface area contributed by atoms with Crippen molar-refractivity contribution >= 4 is 11.9 Å². The molecule has 0 spiro atoms. The van der Waals surface area contributed by atoms with Crippen LogP contribution in [-0.2, 0) is 19.0 Å². The minimum Gasteiger partial charge on any atom is -0.493 e. The van der Waals surface area contributed by atoms with E-state index in [2.05, 4.69) is 6.58 Å². The van der Waals surface area contributed by atoms with Crippen molar-refractivity contribution in [2.75, 3.05) is 26.9 Å². The number of hydrogen-bond donors (Lipinski definition) is 0. The van der Waals surface area contributed by atoms with E-state index in [9.17, 15) is 14.0 Å². The molecule has 0 saturated heterocycles. The summed E-state index contributed by atoms with van der Waals surface area (Å²) in [6.07, 6.45) is 18.2. The molecule has 6 nitrogen and oxygen atoms in total. The molecule has 0 N–H and O–H groups in total. The van der Waals surface area contributed by atoms with Gasteiger partial charge in [-0.1, -0.05) is 25.3 Å². The summed E-state index contributed by atoms with van der Waals surface area (Å²) in [4.78, 5) is 25.0. The molecule has 2 aliphatic rings. The van der Waals surface area contributed by atoms with Crippen molar-refractivity contribution in [3.8, 4) is 5.75 Å². The van der Waals surface area contributed by atoms with E-state index in [-0.39, 0.29) is 30.2 Å². The smallest absolute Gasteiger partial charge is 0.341 e. The number of carbonyl (C=O) groups excluding carboxylic acids is 2. The summed E-state index contributed by atoms with van der Waals surface area (Å²) in [6.45, 7) is 5.27. The van der Waals surface area contributed by atoms with Gasteiger partial charge in [0.05, 0.1) is 24.7 Å². The lowest BCUT2D eigenvalue weighted by Gasteiger charge is -2.31. The molecular weight excluding hydrogens is 523 g/mol. The first-order valence-corrected chi connectivity index (χ1v) is 15.9. The Balaban J connectivity index is 1.28. The van der Waals surface area contributed by atoms with Crippen LogP contribution in [0.25, 0.3) is 0 Å². The molecule has 0 aromatic heterocycles. The summed E-state index contributed by atoms with van der Waals surface area (Å²) in [5.41, 5.74) is -0.0731. The van der Waals surface area contributed by atoms with Crippen LogP contribution in [0.2, 0.25) is 0 Å². The molecule has 7 heteroatoms. The molecule has 0 aliphatic heterocycles. The minimum atomic E-state index is -0.647. The van der Waals surface area contributed by atoms with Gasteiger partial charge in [-0.25, -0.2) is 9.18 Å². The number of benzene rings is 1. The molecule has 0 heterocycles. The fraction of sp³-hybridized carbons (Fsp3) is 0.706. The second-order valence-corrected chi connectivity index (χ2v) is 11.9. The van der Waals surface area contributed by atoms with Crippen LogP contribution in [-0.4, -0.2) is 45.0 Å². The third-order valence-electron chi connectivity index (χ3n) is 8.65. The number of halogens is 1. The first-order chi connectivity index (χ1) is 20.0. The molecule has 0 amide bonds. The third-order valence-corrected chi connectivity index (χ3v) is 8.65. The molecule has 2 aliphatic carbocycles. The fourth-order valence-electron chi connectivity index (χ4n) is 6.00. The van der Waals surface area contributed by atoms with Crippen LogP contribution in [0, 0.1) is 23.6 Å². The summed E-state index contributed by atoms with van der Waals surface area (Å²) in [6, 6.07) is 4.30. The number of carbonyl (C=O) groups is 2. The van der Waals surface area contributed by atoms with E-state index < -0.39 is 11.8 Å². The Morgan fingerprint density at radius 1 is 0.902 bits per heavy atom. The van der Waals surface area contributed by atoms with Gasteiger partial charge in [-0.3, -0.25) is 4.79 Å². The molecule has 41 heavy (non-hydrogen) atoms. The summed E-state index contributed by atoms with van der Waals surface area (Å²) in [5.74, 6) is 0.258. The van der Waals surface area contributed by atoms with Gasteiger partial charge >= 0.3 is 11.9 Å². The molecular formula is C34H51FO6. The number of methoxy groups -OCH3 is 1. The van der Waals surface area contributed by atoms with Crippen LogP contribution in [0.5, 0.6) is 5.75 Å². The van der Waals surface area contributed by atoms with Crippen LogP contribution >= 0.6 is 0 Å². The van der Waals surface area contributed by atoms with Gasteiger partial charge in [-0.2, -0.15) is 0 Å². The van der Waals surface area contributed by atoms with Gasteiger partial charge in [0.2, 0.25) is 0 Å². The van der Waals surface area contributed by atoms with Crippen molar-refractivity contribution in [3.05, 3.63) is 42.2 Å². The minimum absolute atomic E-state index is 0.00836. The quantitative estimate of drug-likeness (QED) is 0.0999. The fourth-order valence-corrected chi connectivity index (χ4v) is 6.00. The second kappa shape index (κ2) is 18.9. The molecule has 0 atom stereocenters. The van der Waals surface area contributed by atoms with Crippen molar-refractivity contribution in [2.24, 2.45) is 17.8 Å². The van der Waals surface area contributed by atoms with Crippen molar-refractivity contribution in [1.29, 1.82) is 0 Å². The van der Waals surface area contributed by atoms with E-state index in [0.717, 1.165) is 96.0 Å². The summed E-state index contributed by atoms with van der Waals surface area (Å²) in [5, 5.41) is 0. The van der Waals surface area contributed by atoms with Crippen molar-refractivity contribution in [1.82, 2.24) is 0 Å². The maximum absolute atomic E-state index is 14.6. The third kappa shape index (κ3) is 12.2. The highest BCUT2D eigenvalue weighted by atomic mass is 19.1. The SMILES string of the molecule is C=CCCCCC1CCC(C(=O)OC2CCC(COc3ccc(C(=O)OCCCCCCOC)c(F)c3)CC2)CC1. The van der Waals surface area contributed by atoms with Gasteiger partial charge in [0, 0.05) is 19.8 Å². The number of hydrogen-bond acceptors (Lipinski definition) is 6. The largest absolute Gasteiger partial charge is 0.493 e. The number of rotatable bonds is 18. The van der Waals surface area contributed by atoms with E-state index in [4.69, 9.17) is 18.9 Å². The van der Waals surface area contributed by atoms with Crippen LogP contribution in [0.1, 0.15) is 113 Å². The number of unbranched alkanes of at least 4 members (excludes halogenated alkanes) is 5. The molecule has 230 valence electrons. The maximum Gasteiger partial charge on any atom is 0.341 e. The van der Waals surface area contributed by atoms with Crippen LogP contribution < -0.4 is 4.74 Å². The Kier molecular flexibility index (Phi) is 15.3. The van der Waals surface area contributed by atoms with Gasteiger partial charge in [0.15, 0.2) is 0 Å². The van der Waals surface area contributed by atoms with Crippen LogP contribution in [0.3, 0.4) is 0 Å². The predicted molar refractivity (Wildman–Crippen MR) is 158 cm³/mol. The summed E-state index contributed by atoms with van der Waals surface area (Å²) < 4.78 is 36.6. The van der Waals surface area contributed by atoms with Gasteiger partial charge in [-0.15, -0.1) is 6.58 Å². The topological polar surface area (TPSA) is 71.1 Å². The highest BCUT2D eigenvalue weighted by molar-refractivity contribution is 5.89. The molecule has 0 bridgehead atoms. The van der Waals surface area contributed by atoms with Crippen molar-refractivity contribution in [3.63, 3.8) is 0 Å². The molecule has 0 radical (unpaired) electrons. The zero-order chi connectivity index (χ0) is 29.3. The lowest BCUT2D eigenvalue weighted by Crippen LogP contribution is -2.31. The Morgan fingerprint density at radius 2 is 1.61 bits per heavy atom. The molecule has 3 rings (SSSR count). The second-order valence-electron chi connectivity index (χ2n) is 11.9. The zero-order valence-corrected chi connectivity index (χ0v) is 25.1. The monoisotopic (exact) mass is 574 g/mol. The lowest BCUT2D eigenvalue weighted by atomic mass is 9.79. The highest BCUT2D eigenvalue weighted by Crippen LogP contribution is 2.34. The Bertz CT molecular complexity index is 918. The lowest BCUT2D eigenvalue weighted by molar-refractivity contribution is -0.157.